The predicted molar refractivity (Wildman–Crippen MR) is 89.1 cm³/mol. The van der Waals surface area contributed by atoms with Crippen molar-refractivity contribution in [2.24, 2.45) is 5.41 Å². The Morgan fingerprint density at radius 3 is 1.95 bits per heavy atom. The molecule has 0 unspecified atom stereocenters. The summed E-state index contributed by atoms with van der Waals surface area (Å²) in [5.74, 6) is 0.0345. The predicted octanol–water partition coefficient (Wildman–Crippen LogP) is 5.10. The fourth-order valence-corrected chi connectivity index (χ4v) is 2.25. The first-order valence-corrected chi connectivity index (χ1v) is 7.31. The van der Waals surface area contributed by atoms with Crippen LogP contribution in [0.1, 0.15) is 37.8 Å². The zero-order valence-corrected chi connectivity index (χ0v) is 12.9. The van der Waals surface area contributed by atoms with Crippen molar-refractivity contribution in [1.29, 1.82) is 0 Å². The van der Waals surface area contributed by atoms with Crippen LogP contribution in [-0.2, 0) is 4.79 Å². The van der Waals surface area contributed by atoms with Crippen LogP contribution < -0.4 is 0 Å². The van der Waals surface area contributed by atoms with Gasteiger partial charge in [-0.25, -0.2) is 0 Å². The van der Waals surface area contributed by atoms with Crippen LogP contribution in [0.2, 0.25) is 0 Å². The van der Waals surface area contributed by atoms with E-state index in [2.05, 4.69) is 0 Å². The molecule has 0 aliphatic rings. The molecule has 2 rings (SSSR count). The molecular formula is C20H22O. The minimum atomic E-state index is -0.360. The van der Waals surface area contributed by atoms with Gasteiger partial charge in [-0.1, -0.05) is 93.6 Å². The molecular weight excluding hydrogens is 256 g/mol. The molecule has 0 heterocycles. The largest absolute Gasteiger partial charge is 0.298 e. The summed E-state index contributed by atoms with van der Waals surface area (Å²) < 4.78 is 0. The number of hydrogen-bond acceptors (Lipinski definition) is 1. The van der Waals surface area contributed by atoms with Gasteiger partial charge in [-0.05, 0) is 11.1 Å². The van der Waals surface area contributed by atoms with Crippen LogP contribution in [0.4, 0.5) is 0 Å². The highest BCUT2D eigenvalue weighted by Crippen LogP contribution is 2.29. The van der Waals surface area contributed by atoms with Crippen molar-refractivity contribution in [2.75, 3.05) is 0 Å². The molecule has 1 atom stereocenters. The Balaban J connectivity index is 2.33. The lowest BCUT2D eigenvalue weighted by atomic mass is 9.79. The third-order valence-corrected chi connectivity index (χ3v) is 3.46. The smallest absolute Gasteiger partial charge is 0.149 e. The van der Waals surface area contributed by atoms with E-state index < -0.39 is 0 Å². The van der Waals surface area contributed by atoms with Crippen LogP contribution in [0.15, 0.2) is 66.7 Å². The van der Waals surface area contributed by atoms with E-state index >= 15 is 0 Å². The molecule has 0 fully saturated rings. The molecule has 0 saturated heterocycles. The van der Waals surface area contributed by atoms with Crippen molar-refractivity contribution in [1.82, 2.24) is 0 Å². The second kappa shape index (κ2) is 6.53. The van der Waals surface area contributed by atoms with Gasteiger partial charge in [-0.2, -0.15) is 0 Å². The van der Waals surface area contributed by atoms with Crippen molar-refractivity contribution in [3.05, 3.63) is 77.9 Å². The normalized spacial score (nSPS) is 13.3. The van der Waals surface area contributed by atoms with Crippen LogP contribution in [0, 0.1) is 5.41 Å². The molecule has 1 heteroatoms. The lowest BCUT2D eigenvalue weighted by Crippen LogP contribution is -2.26. The zero-order valence-electron chi connectivity index (χ0n) is 12.9. The lowest BCUT2D eigenvalue weighted by Gasteiger charge is -2.23. The summed E-state index contributed by atoms with van der Waals surface area (Å²) in [5.41, 5.74) is 1.80. The Hall–Kier alpha value is -2.15. The molecule has 21 heavy (non-hydrogen) atoms. The number of carbonyl (C=O) groups is 1. The topological polar surface area (TPSA) is 17.1 Å². The molecule has 2 aromatic rings. The molecule has 1 nitrogen and oxygen atoms in total. The van der Waals surface area contributed by atoms with Crippen LogP contribution in [0.25, 0.3) is 6.08 Å². The van der Waals surface area contributed by atoms with Gasteiger partial charge in [-0.3, -0.25) is 4.79 Å². The average molecular weight is 278 g/mol. The van der Waals surface area contributed by atoms with E-state index in [4.69, 9.17) is 0 Å². The van der Waals surface area contributed by atoms with Crippen molar-refractivity contribution >= 4 is 11.9 Å². The second-order valence-electron chi connectivity index (χ2n) is 6.27. The van der Waals surface area contributed by atoms with Gasteiger partial charge in [0.15, 0.2) is 0 Å². The molecule has 0 aliphatic heterocycles. The Labute approximate surface area is 127 Å². The van der Waals surface area contributed by atoms with Gasteiger partial charge in [0.1, 0.15) is 5.78 Å². The highest BCUT2D eigenvalue weighted by atomic mass is 16.1. The van der Waals surface area contributed by atoms with E-state index in [0.717, 1.165) is 11.1 Å². The highest BCUT2D eigenvalue weighted by molar-refractivity contribution is 5.92. The van der Waals surface area contributed by atoms with Gasteiger partial charge in [0.2, 0.25) is 0 Å². The average Bonchev–Trinajstić information content (AvgIpc) is 2.48. The summed E-state index contributed by atoms with van der Waals surface area (Å²) in [5, 5.41) is 0. The Bertz CT molecular complexity index is 603. The summed E-state index contributed by atoms with van der Waals surface area (Å²) in [7, 11) is 0. The molecule has 0 bridgehead atoms. The minimum Gasteiger partial charge on any atom is -0.298 e. The number of allylic oxidation sites excluding steroid dienone is 1. The van der Waals surface area contributed by atoms with E-state index in [-0.39, 0.29) is 17.1 Å². The summed E-state index contributed by atoms with van der Waals surface area (Å²) in [6.07, 6.45) is 4.04. The third-order valence-electron chi connectivity index (χ3n) is 3.46. The molecule has 0 aromatic heterocycles. The number of benzene rings is 2. The fourth-order valence-electron chi connectivity index (χ4n) is 2.25. The summed E-state index contributed by atoms with van der Waals surface area (Å²) in [6.45, 7) is 5.92. The van der Waals surface area contributed by atoms with E-state index in [0.29, 0.717) is 0 Å². The Morgan fingerprint density at radius 2 is 1.43 bits per heavy atom. The first-order chi connectivity index (χ1) is 9.98. The van der Waals surface area contributed by atoms with Crippen LogP contribution >= 0.6 is 0 Å². The molecule has 0 radical (unpaired) electrons. The van der Waals surface area contributed by atoms with Crippen molar-refractivity contribution in [3.8, 4) is 0 Å². The van der Waals surface area contributed by atoms with Crippen LogP contribution in [0.3, 0.4) is 0 Å². The Morgan fingerprint density at radius 1 is 0.905 bits per heavy atom. The van der Waals surface area contributed by atoms with E-state index in [9.17, 15) is 4.79 Å². The molecule has 0 N–H and O–H groups in total. The minimum absolute atomic E-state index is 0.202. The number of ketones is 1. The van der Waals surface area contributed by atoms with E-state index in [1.54, 1.807) is 0 Å². The Kier molecular flexibility index (Phi) is 4.74. The van der Waals surface area contributed by atoms with E-state index in [1.165, 1.54) is 0 Å². The van der Waals surface area contributed by atoms with Crippen molar-refractivity contribution in [3.63, 3.8) is 0 Å². The first-order valence-electron chi connectivity index (χ1n) is 7.31. The van der Waals surface area contributed by atoms with Gasteiger partial charge >= 0.3 is 0 Å². The third kappa shape index (κ3) is 4.16. The maximum Gasteiger partial charge on any atom is 0.149 e. The first kappa shape index (κ1) is 15.2. The number of Topliss-reactive ketones (excluding diaryl/α,β-unsaturated/α-hetero) is 1. The van der Waals surface area contributed by atoms with Crippen molar-refractivity contribution < 1.29 is 4.79 Å². The summed E-state index contributed by atoms with van der Waals surface area (Å²) in [6, 6.07) is 20.1. The maximum absolute atomic E-state index is 12.7. The second-order valence-corrected chi connectivity index (χ2v) is 6.27. The monoisotopic (exact) mass is 278 g/mol. The molecule has 0 saturated carbocycles. The number of carbonyl (C=O) groups excluding carboxylic acids is 1. The van der Waals surface area contributed by atoms with Gasteiger partial charge in [0.05, 0.1) is 5.92 Å². The fraction of sp³-hybridized carbons (Fsp3) is 0.250. The number of hydrogen-bond donors (Lipinski definition) is 0. The maximum atomic E-state index is 12.7. The van der Waals surface area contributed by atoms with Gasteiger partial charge in [-0.15, -0.1) is 0 Å². The van der Waals surface area contributed by atoms with E-state index in [1.807, 2.05) is 93.6 Å². The van der Waals surface area contributed by atoms with Crippen LogP contribution in [0.5, 0.6) is 0 Å². The SMILES string of the molecule is CC(C)(C)C(=O)[C@@H](/C=C/c1ccccc1)c1ccccc1. The molecule has 2 aromatic carbocycles. The summed E-state index contributed by atoms with van der Waals surface area (Å²) in [4.78, 5) is 12.7. The van der Waals surface area contributed by atoms with Gasteiger partial charge in [0, 0.05) is 5.41 Å². The molecule has 108 valence electrons. The van der Waals surface area contributed by atoms with Crippen molar-refractivity contribution in [2.45, 2.75) is 26.7 Å². The van der Waals surface area contributed by atoms with Crippen LogP contribution in [-0.4, -0.2) is 5.78 Å². The lowest BCUT2D eigenvalue weighted by molar-refractivity contribution is -0.126. The van der Waals surface area contributed by atoms with Gasteiger partial charge in [0.25, 0.3) is 0 Å². The van der Waals surface area contributed by atoms with Gasteiger partial charge < -0.3 is 0 Å². The molecule has 0 spiro atoms. The standard InChI is InChI=1S/C20H22O/c1-20(2,3)19(21)18(17-12-8-5-9-13-17)15-14-16-10-6-4-7-11-16/h4-15,18H,1-3H3/b15-14+/t18-/m0/s1. The summed E-state index contributed by atoms with van der Waals surface area (Å²) >= 11 is 0. The number of rotatable bonds is 4. The highest BCUT2D eigenvalue weighted by Gasteiger charge is 2.28. The molecule has 0 amide bonds. The zero-order chi connectivity index (χ0) is 15.3. The quantitative estimate of drug-likeness (QED) is 0.760. The molecule has 0 aliphatic carbocycles.